The van der Waals surface area contributed by atoms with Gasteiger partial charge >= 0.3 is 0 Å². The molecule has 0 radical (unpaired) electrons. The van der Waals surface area contributed by atoms with Crippen LogP contribution in [0, 0.1) is 6.92 Å². The number of aromatic amines is 1. The Morgan fingerprint density at radius 3 is 2.73 bits per heavy atom. The second kappa shape index (κ2) is 6.43. The van der Waals surface area contributed by atoms with Crippen molar-refractivity contribution in [3.63, 3.8) is 0 Å². The molecule has 3 aromatic rings. The highest BCUT2D eigenvalue weighted by Gasteiger charge is 2.07. The van der Waals surface area contributed by atoms with Crippen LogP contribution in [0.5, 0.6) is 0 Å². The molecule has 0 unspecified atom stereocenters. The number of rotatable bonds is 5. The maximum absolute atomic E-state index is 12.1. The highest BCUT2D eigenvalue weighted by atomic mass is 16.1. The summed E-state index contributed by atoms with van der Waals surface area (Å²) in [5.41, 5.74) is 3.78. The van der Waals surface area contributed by atoms with Gasteiger partial charge in [0, 0.05) is 18.5 Å². The fourth-order valence-corrected chi connectivity index (χ4v) is 2.50. The molecule has 0 aliphatic heterocycles. The Morgan fingerprint density at radius 2 is 1.91 bits per heavy atom. The third-order valence-corrected chi connectivity index (χ3v) is 3.70. The molecule has 1 amide bonds. The second-order valence-corrected chi connectivity index (χ2v) is 5.38. The van der Waals surface area contributed by atoms with Crippen molar-refractivity contribution in [1.29, 1.82) is 0 Å². The number of imidazole rings is 1. The summed E-state index contributed by atoms with van der Waals surface area (Å²) in [6.45, 7) is 2.59. The number of benzene rings is 2. The Balaban J connectivity index is 1.51. The van der Waals surface area contributed by atoms with E-state index in [4.69, 9.17) is 0 Å². The number of aryl methyl sites for hydroxylation is 2. The molecule has 22 heavy (non-hydrogen) atoms. The number of fused-ring (bicyclic) bond motifs is 1. The first-order valence-corrected chi connectivity index (χ1v) is 7.51. The van der Waals surface area contributed by atoms with Crippen LogP contribution in [0.25, 0.3) is 11.0 Å². The minimum atomic E-state index is -0.0114. The predicted octanol–water partition coefficient (Wildman–Crippen LogP) is 3.23. The number of carbonyl (C=O) groups excluding carboxylic acids is 1. The number of amides is 1. The van der Waals surface area contributed by atoms with Crippen molar-refractivity contribution in [1.82, 2.24) is 15.3 Å². The van der Waals surface area contributed by atoms with E-state index in [1.54, 1.807) is 0 Å². The van der Waals surface area contributed by atoms with Gasteiger partial charge in [0.2, 0.25) is 0 Å². The number of para-hydroxylation sites is 2. The maximum atomic E-state index is 12.1. The normalized spacial score (nSPS) is 10.8. The lowest BCUT2D eigenvalue weighted by Crippen LogP contribution is -2.25. The van der Waals surface area contributed by atoms with E-state index >= 15 is 0 Å². The molecule has 0 aliphatic rings. The van der Waals surface area contributed by atoms with Crippen molar-refractivity contribution < 1.29 is 4.79 Å². The number of H-pyrrole nitrogens is 1. The predicted molar refractivity (Wildman–Crippen MR) is 87.9 cm³/mol. The quantitative estimate of drug-likeness (QED) is 0.710. The van der Waals surface area contributed by atoms with Gasteiger partial charge in [-0.3, -0.25) is 4.79 Å². The molecule has 1 aromatic heterocycles. The lowest BCUT2D eigenvalue weighted by atomic mass is 10.1. The molecule has 4 nitrogen and oxygen atoms in total. The lowest BCUT2D eigenvalue weighted by Gasteiger charge is -2.06. The van der Waals surface area contributed by atoms with Gasteiger partial charge in [-0.2, -0.15) is 0 Å². The van der Waals surface area contributed by atoms with Crippen LogP contribution < -0.4 is 5.32 Å². The summed E-state index contributed by atoms with van der Waals surface area (Å²) < 4.78 is 0. The van der Waals surface area contributed by atoms with E-state index < -0.39 is 0 Å². The molecule has 4 heteroatoms. The standard InChI is InChI=1S/C18H19N3O/c1-13-7-2-3-8-14(13)18(22)19-12-6-11-17-20-15-9-4-5-10-16(15)21-17/h2-5,7-10H,6,11-12H2,1H3,(H,19,22)(H,20,21). The smallest absolute Gasteiger partial charge is 0.251 e. The Hall–Kier alpha value is -2.62. The fraction of sp³-hybridized carbons (Fsp3) is 0.222. The molecule has 0 fully saturated rings. The van der Waals surface area contributed by atoms with Crippen molar-refractivity contribution in [2.45, 2.75) is 19.8 Å². The van der Waals surface area contributed by atoms with Crippen LogP contribution in [0.2, 0.25) is 0 Å². The SMILES string of the molecule is Cc1ccccc1C(=O)NCCCc1nc2ccccc2[nH]1. The van der Waals surface area contributed by atoms with Crippen molar-refractivity contribution in [3.05, 3.63) is 65.5 Å². The number of hydrogen-bond donors (Lipinski definition) is 2. The summed E-state index contributed by atoms with van der Waals surface area (Å²) in [5.74, 6) is 0.953. The van der Waals surface area contributed by atoms with Gasteiger partial charge in [0.15, 0.2) is 0 Å². The van der Waals surface area contributed by atoms with Crippen molar-refractivity contribution in [3.8, 4) is 0 Å². The Morgan fingerprint density at radius 1 is 1.14 bits per heavy atom. The minimum absolute atomic E-state index is 0.0114. The summed E-state index contributed by atoms with van der Waals surface area (Å²) in [5, 5.41) is 2.96. The van der Waals surface area contributed by atoms with Crippen LogP contribution in [0.1, 0.15) is 28.2 Å². The Kier molecular flexibility index (Phi) is 4.19. The van der Waals surface area contributed by atoms with Gasteiger partial charge in [-0.25, -0.2) is 4.98 Å². The Labute approximate surface area is 129 Å². The summed E-state index contributed by atoms with van der Waals surface area (Å²) in [4.78, 5) is 19.9. The van der Waals surface area contributed by atoms with Crippen LogP contribution in [-0.2, 0) is 6.42 Å². The molecule has 0 bridgehead atoms. The topological polar surface area (TPSA) is 57.8 Å². The van der Waals surface area contributed by atoms with Crippen molar-refractivity contribution in [2.24, 2.45) is 0 Å². The highest BCUT2D eigenvalue weighted by Crippen LogP contribution is 2.11. The average Bonchev–Trinajstić information content (AvgIpc) is 2.94. The zero-order valence-corrected chi connectivity index (χ0v) is 12.6. The molecule has 3 rings (SSSR count). The van der Waals surface area contributed by atoms with Crippen LogP contribution in [0.15, 0.2) is 48.5 Å². The number of aromatic nitrogens is 2. The van der Waals surface area contributed by atoms with Gasteiger partial charge < -0.3 is 10.3 Å². The second-order valence-electron chi connectivity index (χ2n) is 5.38. The number of carbonyl (C=O) groups is 1. The first-order valence-electron chi connectivity index (χ1n) is 7.51. The van der Waals surface area contributed by atoms with Gasteiger partial charge in [-0.05, 0) is 37.1 Å². The number of nitrogens with zero attached hydrogens (tertiary/aromatic N) is 1. The monoisotopic (exact) mass is 293 g/mol. The van der Waals surface area contributed by atoms with E-state index in [1.807, 2.05) is 55.5 Å². The molecule has 0 spiro atoms. The van der Waals surface area contributed by atoms with Gasteiger partial charge in [-0.1, -0.05) is 30.3 Å². The first-order chi connectivity index (χ1) is 10.7. The third kappa shape index (κ3) is 3.17. The van der Waals surface area contributed by atoms with Crippen LogP contribution in [0.4, 0.5) is 0 Å². The summed E-state index contributed by atoms with van der Waals surface area (Å²) in [6, 6.07) is 15.6. The van der Waals surface area contributed by atoms with E-state index in [0.29, 0.717) is 6.54 Å². The molecule has 0 saturated heterocycles. The molecule has 1 heterocycles. The molecule has 2 N–H and O–H groups in total. The van der Waals surface area contributed by atoms with Gasteiger partial charge in [0.05, 0.1) is 11.0 Å². The molecule has 0 aliphatic carbocycles. The van der Waals surface area contributed by atoms with Gasteiger partial charge in [0.25, 0.3) is 5.91 Å². The first kappa shape index (κ1) is 14.3. The van der Waals surface area contributed by atoms with Crippen molar-refractivity contribution >= 4 is 16.9 Å². The molecule has 2 aromatic carbocycles. The summed E-state index contributed by atoms with van der Waals surface area (Å²) >= 11 is 0. The fourth-order valence-electron chi connectivity index (χ4n) is 2.50. The summed E-state index contributed by atoms with van der Waals surface area (Å²) in [6.07, 6.45) is 1.68. The minimum Gasteiger partial charge on any atom is -0.352 e. The maximum Gasteiger partial charge on any atom is 0.251 e. The van der Waals surface area contributed by atoms with E-state index in [1.165, 1.54) is 0 Å². The van der Waals surface area contributed by atoms with E-state index in [9.17, 15) is 4.79 Å². The molecular weight excluding hydrogens is 274 g/mol. The average molecular weight is 293 g/mol. The molecule has 0 saturated carbocycles. The largest absolute Gasteiger partial charge is 0.352 e. The van der Waals surface area contributed by atoms with Crippen LogP contribution >= 0.6 is 0 Å². The summed E-state index contributed by atoms with van der Waals surface area (Å²) in [7, 11) is 0. The zero-order chi connectivity index (χ0) is 15.4. The van der Waals surface area contributed by atoms with Crippen LogP contribution in [0.3, 0.4) is 0 Å². The van der Waals surface area contributed by atoms with Gasteiger partial charge in [0.1, 0.15) is 5.82 Å². The van der Waals surface area contributed by atoms with E-state index in [0.717, 1.165) is 40.8 Å². The zero-order valence-electron chi connectivity index (χ0n) is 12.6. The van der Waals surface area contributed by atoms with Crippen molar-refractivity contribution in [2.75, 3.05) is 6.54 Å². The third-order valence-electron chi connectivity index (χ3n) is 3.70. The van der Waals surface area contributed by atoms with E-state index in [-0.39, 0.29) is 5.91 Å². The Bertz CT molecular complexity index is 759. The van der Waals surface area contributed by atoms with Gasteiger partial charge in [-0.15, -0.1) is 0 Å². The molecule has 0 atom stereocenters. The highest BCUT2D eigenvalue weighted by molar-refractivity contribution is 5.95. The van der Waals surface area contributed by atoms with E-state index in [2.05, 4.69) is 15.3 Å². The number of hydrogen-bond acceptors (Lipinski definition) is 2. The lowest BCUT2D eigenvalue weighted by molar-refractivity contribution is 0.0952. The number of nitrogens with one attached hydrogen (secondary N) is 2. The molecular formula is C18H19N3O. The van der Waals surface area contributed by atoms with Crippen LogP contribution in [-0.4, -0.2) is 22.4 Å². The molecule has 112 valence electrons.